The normalized spacial score (nSPS) is 14.8. The number of pyridine rings is 1. The Morgan fingerprint density at radius 1 is 1.19 bits per heavy atom. The molecule has 6 nitrogen and oxygen atoms in total. The molecule has 1 fully saturated rings. The molecule has 0 atom stereocenters. The highest BCUT2D eigenvalue weighted by Gasteiger charge is 2.16. The number of benzene rings is 1. The molecule has 0 saturated carbocycles. The standard InChI is InChI=1S/C20H23BrN4O2/c1-2-9-27-14-25-18-4-3-16(21)13-17(18)20(23-25)15-5-6-22-19(12-15)24-7-10-26-11-8-24/h3-6,12-13H,2,7-11,14H2,1H3. The third-order valence-electron chi connectivity index (χ3n) is 4.63. The van der Waals surface area contributed by atoms with Crippen molar-refractivity contribution in [3.63, 3.8) is 0 Å². The molecule has 1 aromatic carbocycles. The molecule has 4 rings (SSSR count). The molecule has 0 amide bonds. The molecule has 0 unspecified atom stereocenters. The first kappa shape index (κ1) is 18.4. The fourth-order valence-corrected chi connectivity index (χ4v) is 3.65. The van der Waals surface area contributed by atoms with Crippen molar-refractivity contribution in [2.75, 3.05) is 37.8 Å². The van der Waals surface area contributed by atoms with E-state index in [1.807, 2.05) is 23.0 Å². The van der Waals surface area contributed by atoms with E-state index in [4.69, 9.17) is 14.6 Å². The third kappa shape index (κ3) is 4.00. The van der Waals surface area contributed by atoms with Crippen LogP contribution in [-0.4, -0.2) is 47.7 Å². The van der Waals surface area contributed by atoms with Crippen LogP contribution in [0.2, 0.25) is 0 Å². The lowest BCUT2D eigenvalue weighted by Gasteiger charge is -2.27. The van der Waals surface area contributed by atoms with E-state index in [9.17, 15) is 0 Å². The molecule has 1 aliphatic heterocycles. The zero-order valence-electron chi connectivity index (χ0n) is 15.4. The average molecular weight is 431 g/mol. The Morgan fingerprint density at radius 2 is 2.04 bits per heavy atom. The minimum atomic E-state index is 0.452. The summed E-state index contributed by atoms with van der Waals surface area (Å²) >= 11 is 3.59. The maximum atomic E-state index is 5.73. The summed E-state index contributed by atoms with van der Waals surface area (Å²) in [7, 11) is 0. The quantitative estimate of drug-likeness (QED) is 0.551. The van der Waals surface area contributed by atoms with E-state index in [0.29, 0.717) is 6.73 Å². The van der Waals surface area contributed by atoms with Crippen molar-refractivity contribution in [1.82, 2.24) is 14.8 Å². The minimum absolute atomic E-state index is 0.452. The number of hydrogen-bond donors (Lipinski definition) is 0. The summed E-state index contributed by atoms with van der Waals surface area (Å²) in [6.45, 7) is 6.49. The van der Waals surface area contributed by atoms with Crippen molar-refractivity contribution in [2.45, 2.75) is 20.1 Å². The van der Waals surface area contributed by atoms with Crippen LogP contribution in [0.15, 0.2) is 41.0 Å². The van der Waals surface area contributed by atoms with Crippen LogP contribution < -0.4 is 4.90 Å². The average Bonchev–Trinajstić information content (AvgIpc) is 3.07. The SMILES string of the molecule is CCCOCn1nc(-c2ccnc(N3CCOCC3)c2)c2cc(Br)ccc21. The van der Waals surface area contributed by atoms with Crippen LogP contribution in [0, 0.1) is 0 Å². The van der Waals surface area contributed by atoms with Gasteiger partial charge in [-0.1, -0.05) is 22.9 Å². The van der Waals surface area contributed by atoms with Crippen LogP contribution in [0.3, 0.4) is 0 Å². The first-order chi connectivity index (χ1) is 13.3. The third-order valence-corrected chi connectivity index (χ3v) is 5.12. The minimum Gasteiger partial charge on any atom is -0.378 e. The predicted octanol–water partition coefficient (Wildman–Crippen LogP) is 4.08. The summed E-state index contributed by atoms with van der Waals surface area (Å²) in [5, 5.41) is 5.96. The number of ether oxygens (including phenoxy) is 2. The van der Waals surface area contributed by atoms with E-state index in [0.717, 1.165) is 71.8 Å². The molecule has 3 heterocycles. The van der Waals surface area contributed by atoms with Crippen LogP contribution in [0.25, 0.3) is 22.2 Å². The smallest absolute Gasteiger partial charge is 0.140 e. The molecule has 0 N–H and O–H groups in total. The second-order valence-electron chi connectivity index (χ2n) is 6.55. The van der Waals surface area contributed by atoms with Crippen LogP contribution in [0.1, 0.15) is 13.3 Å². The van der Waals surface area contributed by atoms with Crippen LogP contribution in [-0.2, 0) is 16.2 Å². The van der Waals surface area contributed by atoms with Gasteiger partial charge in [-0.15, -0.1) is 0 Å². The molecule has 0 spiro atoms. The maximum absolute atomic E-state index is 5.73. The van der Waals surface area contributed by atoms with Gasteiger partial charge in [-0.25, -0.2) is 9.67 Å². The molecule has 27 heavy (non-hydrogen) atoms. The van der Waals surface area contributed by atoms with E-state index in [2.05, 4.69) is 50.9 Å². The van der Waals surface area contributed by atoms with Gasteiger partial charge in [0.05, 0.1) is 18.7 Å². The van der Waals surface area contributed by atoms with E-state index in [-0.39, 0.29) is 0 Å². The topological polar surface area (TPSA) is 52.4 Å². The van der Waals surface area contributed by atoms with Crippen molar-refractivity contribution in [1.29, 1.82) is 0 Å². The summed E-state index contributed by atoms with van der Waals surface area (Å²) in [5.74, 6) is 0.968. The number of morpholine rings is 1. The molecular weight excluding hydrogens is 408 g/mol. The maximum Gasteiger partial charge on any atom is 0.140 e. The Labute approximate surface area is 167 Å². The van der Waals surface area contributed by atoms with E-state index < -0.39 is 0 Å². The molecule has 0 radical (unpaired) electrons. The lowest BCUT2D eigenvalue weighted by atomic mass is 10.1. The first-order valence-corrected chi connectivity index (χ1v) is 10.1. The molecular formula is C20H23BrN4O2. The van der Waals surface area contributed by atoms with Gasteiger partial charge in [-0.05, 0) is 36.8 Å². The van der Waals surface area contributed by atoms with Gasteiger partial charge in [0.1, 0.15) is 18.2 Å². The number of aromatic nitrogens is 3. The summed E-state index contributed by atoms with van der Waals surface area (Å²) in [6.07, 6.45) is 2.85. The molecule has 0 aliphatic carbocycles. The lowest BCUT2D eigenvalue weighted by molar-refractivity contribution is 0.0724. The predicted molar refractivity (Wildman–Crippen MR) is 110 cm³/mol. The fraction of sp³-hybridized carbons (Fsp3) is 0.400. The number of nitrogens with zero attached hydrogens (tertiary/aromatic N) is 4. The largest absolute Gasteiger partial charge is 0.378 e. The van der Waals surface area contributed by atoms with E-state index in [1.54, 1.807) is 0 Å². The van der Waals surface area contributed by atoms with Gasteiger partial charge < -0.3 is 14.4 Å². The van der Waals surface area contributed by atoms with Crippen molar-refractivity contribution in [3.8, 4) is 11.3 Å². The molecule has 7 heteroatoms. The number of halogens is 1. The second-order valence-corrected chi connectivity index (χ2v) is 7.46. The number of hydrogen-bond acceptors (Lipinski definition) is 5. The first-order valence-electron chi connectivity index (χ1n) is 9.29. The fourth-order valence-electron chi connectivity index (χ4n) is 3.29. The highest BCUT2D eigenvalue weighted by Crippen LogP contribution is 2.31. The zero-order chi connectivity index (χ0) is 18.6. The van der Waals surface area contributed by atoms with E-state index >= 15 is 0 Å². The van der Waals surface area contributed by atoms with Crippen LogP contribution in [0.5, 0.6) is 0 Å². The molecule has 2 aromatic heterocycles. The van der Waals surface area contributed by atoms with Gasteiger partial charge in [-0.2, -0.15) is 5.10 Å². The lowest BCUT2D eigenvalue weighted by Crippen LogP contribution is -2.36. The Morgan fingerprint density at radius 3 is 2.85 bits per heavy atom. The summed E-state index contributed by atoms with van der Waals surface area (Å²) in [6, 6.07) is 10.4. The van der Waals surface area contributed by atoms with Gasteiger partial charge in [0, 0.05) is 41.3 Å². The van der Waals surface area contributed by atoms with Crippen molar-refractivity contribution in [2.24, 2.45) is 0 Å². The van der Waals surface area contributed by atoms with Gasteiger partial charge in [0.15, 0.2) is 0 Å². The van der Waals surface area contributed by atoms with Gasteiger partial charge in [0.25, 0.3) is 0 Å². The molecule has 0 bridgehead atoms. The summed E-state index contributed by atoms with van der Waals surface area (Å²) < 4.78 is 14.1. The summed E-state index contributed by atoms with van der Waals surface area (Å²) in [4.78, 5) is 6.81. The Hall–Kier alpha value is -1.96. The Kier molecular flexibility index (Phi) is 5.71. The highest BCUT2D eigenvalue weighted by atomic mass is 79.9. The second kappa shape index (κ2) is 8.37. The van der Waals surface area contributed by atoms with Crippen LogP contribution in [0.4, 0.5) is 5.82 Å². The van der Waals surface area contributed by atoms with E-state index in [1.165, 1.54) is 0 Å². The van der Waals surface area contributed by atoms with Crippen LogP contribution >= 0.6 is 15.9 Å². The number of fused-ring (bicyclic) bond motifs is 1. The molecule has 3 aromatic rings. The van der Waals surface area contributed by atoms with Gasteiger partial charge in [-0.3, -0.25) is 0 Å². The van der Waals surface area contributed by atoms with Gasteiger partial charge in [0.2, 0.25) is 0 Å². The summed E-state index contributed by atoms with van der Waals surface area (Å²) in [5.41, 5.74) is 3.07. The van der Waals surface area contributed by atoms with Crippen molar-refractivity contribution in [3.05, 3.63) is 41.0 Å². The Bertz CT molecular complexity index is 921. The van der Waals surface area contributed by atoms with Crippen molar-refractivity contribution < 1.29 is 9.47 Å². The van der Waals surface area contributed by atoms with Crippen molar-refractivity contribution >= 4 is 32.7 Å². The molecule has 1 aliphatic rings. The zero-order valence-corrected chi connectivity index (χ0v) is 17.0. The monoisotopic (exact) mass is 430 g/mol. The van der Waals surface area contributed by atoms with Gasteiger partial charge >= 0.3 is 0 Å². The number of rotatable bonds is 6. The Balaban J connectivity index is 1.73. The highest BCUT2D eigenvalue weighted by molar-refractivity contribution is 9.10. The number of anilines is 1. The molecule has 142 valence electrons. The molecule has 1 saturated heterocycles.